The molecule has 131 heavy (non-hydrogen) atoms. The van der Waals surface area contributed by atoms with Crippen molar-refractivity contribution in [2.75, 3.05) is 0 Å². The first kappa shape index (κ1) is 85.4. The quantitative estimate of drug-likeness (QED) is 0.0393. The van der Waals surface area contributed by atoms with Gasteiger partial charge in [0.2, 0.25) is 0 Å². The SMILES string of the molecule is CC(C1=CCc2ccccc21)c1[nH]c2ccccc2c1C=O.CC(C1=CCc2ccccc21)c1[nH]c2ccccc2c1CO.Cc1ccc2[nH]c(C(C)C3=CCc4ccccc43)c(C=O)c2c1.Cc1ccc2c(c1)CC=C2Cc1[nH]c2ccccc2c1C=O.O=Cc1c(CC2=CCc3ccccc32)[nH]c2ccccc12.OCc1c(CC2=CCc3ccccc32)[nH]c2ccccc12. The van der Waals surface area contributed by atoms with Crippen molar-refractivity contribution in [3.8, 4) is 0 Å². The van der Waals surface area contributed by atoms with E-state index in [-0.39, 0.29) is 31.0 Å². The number of aromatic amines is 6. The first-order valence-electron chi connectivity index (χ1n) is 45.6. The number of carbonyl (C=O) groups excluding carboxylic acids is 4. The number of aromatic nitrogens is 6. The maximum absolute atomic E-state index is 11.7. The number of para-hydroxylation sites is 5. The van der Waals surface area contributed by atoms with Crippen molar-refractivity contribution in [1.82, 2.24) is 29.9 Å². The number of hydrogen-bond acceptors (Lipinski definition) is 6. The molecule has 0 aliphatic heterocycles. The number of hydrogen-bond donors (Lipinski definition) is 8. The Kier molecular flexibility index (Phi) is 24.6. The maximum atomic E-state index is 11.7. The minimum atomic E-state index is 0.0681. The van der Waals surface area contributed by atoms with E-state index in [1.54, 1.807) is 0 Å². The van der Waals surface area contributed by atoms with Crippen molar-refractivity contribution in [1.29, 1.82) is 0 Å². The number of aliphatic hydroxyl groups is 2. The molecule has 6 aliphatic rings. The van der Waals surface area contributed by atoms with E-state index in [1.807, 2.05) is 97.1 Å². The Morgan fingerprint density at radius 3 is 1.00 bits per heavy atom. The Hall–Kier alpha value is -15.1. The van der Waals surface area contributed by atoms with E-state index in [0.29, 0.717) is 0 Å². The van der Waals surface area contributed by atoms with Crippen LogP contribution in [0.3, 0.4) is 0 Å². The Bertz CT molecular complexity index is 7670. The van der Waals surface area contributed by atoms with E-state index in [2.05, 4.69) is 283 Å². The number of H-pyrrole nitrogens is 6. The lowest BCUT2D eigenvalue weighted by molar-refractivity contribution is 0.111. The van der Waals surface area contributed by atoms with Gasteiger partial charge in [-0.25, -0.2) is 0 Å². The van der Waals surface area contributed by atoms with Crippen molar-refractivity contribution in [2.45, 2.75) is 123 Å². The summed E-state index contributed by atoms with van der Waals surface area (Å²) in [6.07, 6.45) is 26.0. The van der Waals surface area contributed by atoms with Crippen molar-refractivity contribution in [3.05, 3.63) is 461 Å². The van der Waals surface area contributed by atoms with Gasteiger partial charge in [-0.05, 0) is 195 Å². The molecule has 0 saturated carbocycles. The number of aryl methyl sites for hydroxylation is 2. The summed E-state index contributed by atoms with van der Waals surface area (Å²) in [5.41, 5.74) is 44.5. The molecule has 0 radical (unpaired) electrons. The smallest absolute Gasteiger partial charge is 0.152 e. The third-order valence-corrected chi connectivity index (χ3v) is 27.4. The average Bonchev–Trinajstić information content (AvgIpc) is 1.62. The van der Waals surface area contributed by atoms with Crippen LogP contribution in [-0.4, -0.2) is 65.3 Å². The fraction of sp³-hybridized carbons (Fsp3) is 0.160. The fourth-order valence-electron chi connectivity index (χ4n) is 20.8. The van der Waals surface area contributed by atoms with Gasteiger partial charge in [0.25, 0.3) is 0 Å². The summed E-state index contributed by atoms with van der Waals surface area (Å²) < 4.78 is 0. The molecule has 12 aromatic carbocycles. The summed E-state index contributed by atoms with van der Waals surface area (Å²) in [7, 11) is 0. The highest BCUT2D eigenvalue weighted by Gasteiger charge is 2.30. The zero-order chi connectivity index (χ0) is 89.8. The third-order valence-electron chi connectivity index (χ3n) is 27.4. The minimum absolute atomic E-state index is 0.0681. The lowest BCUT2D eigenvalue weighted by Crippen LogP contribution is -2.01. The van der Waals surface area contributed by atoms with Gasteiger partial charge in [0.05, 0.1) is 13.2 Å². The fourth-order valence-corrected chi connectivity index (χ4v) is 20.8. The Balaban J connectivity index is 0.000000102. The lowest BCUT2D eigenvalue weighted by Gasteiger charge is -2.15. The molecule has 6 aliphatic carbocycles. The first-order valence-corrected chi connectivity index (χ1v) is 45.6. The van der Waals surface area contributed by atoms with Gasteiger partial charge >= 0.3 is 0 Å². The van der Waals surface area contributed by atoms with Crippen LogP contribution in [0.2, 0.25) is 0 Å². The summed E-state index contributed by atoms with van der Waals surface area (Å²) in [5.74, 6) is 0.598. The second-order valence-corrected chi connectivity index (χ2v) is 35.1. The first-order chi connectivity index (χ1) is 64.3. The molecule has 646 valence electrons. The molecule has 8 N–H and O–H groups in total. The van der Waals surface area contributed by atoms with Gasteiger partial charge in [-0.3, -0.25) is 19.2 Å². The van der Waals surface area contributed by atoms with Crippen molar-refractivity contribution in [2.24, 2.45) is 0 Å². The van der Waals surface area contributed by atoms with E-state index >= 15 is 0 Å². The van der Waals surface area contributed by atoms with Gasteiger partial charge in [0, 0.05) is 170 Å². The van der Waals surface area contributed by atoms with Crippen molar-refractivity contribution >= 4 is 124 Å². The molecule has 0 bridgehead atoms. The number of aldehydes is 4. The van der Waals surface area contributed by atoms with Crippen LogP contribution in [-0.2, 0) is 71.0 Å². The molecule has 12 nitrogen and oxygen atoms in total. The van der Waals surface area contributed by atoms with E-state index < -0.39 is 0 Å². The zero-order valence-corrected chi connectivity index (χ0v) is 74.4. The molecule has 3 atom stereocenters. The summed E-state index contributed by atoms with van der Waals surface area (Å²) in [6, 6.07) is 95.8. The lowest BCUT2D eigenvalue weighted by atomic mass is 9.90. The van der Waals surface area contributed by atoms with Gasteiger partial charge in [0.1, 0.15) is 0 Å². The molecule has 24 rings (SSSR count). The van der Waals surface area contributed by atoms with Crippen LogP contribution in [0.5, 0.6) is 0 Å². The highest BCUT2D eigenvalue weighted by molar-refractivity contribution is 6.04. The monoisotopic (exact) mass is 1710 g/mol. The van der Waals surface area contributed by atoms with Crippen LogP contribution in [0.1, 0.15) is 203 Å². The Morgan fingerprint density at radius 1 is 0.267 bits per heavy atom. The summed E-state index contributed by atoms with van der Waals surface area (Å²) in [4.78, 5) is 67.1. The van der Waals surface area contributed by atoms with Gasteiger partial charge in [-0.1, -0.05) is 305 Å². The van der Waals surface area contributed by atoms with Crippen molar-refractivity contribution < 1.29 is 29.4 Å². The molecule has 18 aromatic rings. The predicted molar refractivity (Wildman–Crippen MR) is 538 cm³/mol. The number of allylic oxidation sites excluding steroid dienone is 12. The molecule has 12 heteroatoms. The molecule has 0 spiro atoms. The number of benzene rings is 12. The molecule has 0 fully saturated rings. The molecule has 6 heterocycles. The number of nitrogens with one attached hydrogen (secondary N) is 6. The van der Waals surface area contributed by atoms with Crippen LogP contribution < -0.4 is 0 Å². The summed E-state index contributed by atoms with van der Waals surface area (Å²) in [6.45, 7) is 10.9. The molecule has 0 saturated heterocycles. The van der Waals surface area contributed by atoms with Gasteiger partial charge in [0.15, 0.2) is 25.1 Å². The summed E-state index contributed by atoms with van der Waals surface area (Å²) >= 11 is 0. The summed E-state index contributed by atoms with van der Waals surface area (Å²) in [5, 5.41) is 25.9. The van der Waals surface area contributed by atoms with Gasteiger partial charge in [-0.2, -0.15) is 0 Å². The topological polar surface area (TPSA) is 203 Å². The van der Waals surface area contributed by atoms with E-state index in [4.69, 9.17) is 0 Å². The molecular weight excluding hydrogens is 1610 g/mol. The van der Waals surface area contributed by atoms with Crippen LogP contribution >= 0.6 is 0 Å². The largest absolute Gasteiger partial charge is 0.392 e. The van der Waals surface area contributed by atoms with Crippen LogP contribution in [0, 0.1) is 13.8 Å². The maximum Gasteiger partial charge on any atom is 0.152 e. The number of carbonyl (C=O) groups is 4. The van der Waals surface area contributed by atoms with Crippen LogP contribution in [0.4, 0.5) is 0 Å². The van der Waals surface area contributed by atoms with Crippen LogP contribution in [0.25, 0.3) is 98.9 Å². The number of fused-ring (bicyclic) bond motifs is 12. The standard InChI is InChI=1S/C21H19NO.C20H19NO.2C20H17NO.C19H17NO.C19H15NO/c1-13-7-10-20-18(11-13)19(12-23)21(22-20)14(2)16-9-8-15-5-3-4-6-17(15)16;2*1-13(15-11-10-14-6-2-3-7-16(14)15)20-18(12-22)17-8-4-5-9-19(17)21-20;1-13-6-9-16-14(10-13)7-8-15(16)11-20-18(12-22)17-4-2-3-5-19(17)21-20;2*21-12-17-16-7-3-4-8-18(16)20-19(17)11-14-10-9-13-5-1-2-6-15(13)14/h3-7,9-12,14,22H,8H2,1-2H3;2-9,11,13,21-22H,10,12H2,1H3;2-9,11-13,21H,10H2,1H3;2-6,8-10,12,21H,7,11H2,1H3;1-8,10,20-21H,9,11-12H2;1-8,10,12,20H,9,11H2. The number of aliphatic hydroxyl groups excluding tert-OH is 2. The molecule has 0 amide bonds. The number of rotatable bonds is 18. The van der Waals surface area contributed by atoms with E-state index in [0.717, 1.165) is 216 Å². The zero-order valence-electron chi connectivity index (χ0n) is 74.4. The third kappa shape index (κ3) is 16.8. The predicted octanol–water partition coefficient (Wildman–Crippen LogP) is 26.6. The normalized spacial score (nSPS) is 14.0. The second kappa shape index (κ2) is 37.7. The van der Waals surface area contributed by atoms with Crippen LogP contribution in [0.15, 0.2) is 316 Å². The van der Waals surface area contributed by atoms with E-state index in [1.165, 1.54) is 111 Å². The minimum Gasteiger partial charge on any atom is -0.392 e. The second-order valence-electron chi connectivity index (χ2n) is 35.1. The Morgan fingerprint density at radius 2 is 0.557 bits per heavy atom. The molecule has 3 unspecified atom stereocenters. The Labute approximate surface area is 762 Å². The van der Waals surface area contributed by atoms with Gasteiger partial charge < -0.3 is 40.1 Å². The average molecular weight is 1710 g/mol. The van der Waals surface area contributed by atoms with E-state index in [9.17, 15) is 29.4 Å². The molecular formula is C119H104N6O6. The van der Waals surface area contributed by atoms with Gasteiger partial charge in [-0.15, -0.1) is 0 Å². The highest BCUT2D eigenvalue weighted by atomic mass is 16.3. The van der Waals surface area contributed by atoms with Crippen molar-refractivity contribution in [3.63, 3.8) is 0 Å². The highest BCUT2D eigenvalue weighted by Crippen LogP contribution is 2.45. The molecule has 6 aromatic heterocycles.